The normalized spacial score (nSPS) is 19.9. The van der Waals surface area contributed by atoms with Crippen molar-refractivity contribution < 1.29 is 34.0 Å². The van der Waals surface area contributed by atoms with Crippen molar-refractivity contribution in [3.05, 3.63) is 48.0 Å². The third-order valence-corrected chi connectivity index (χ3v) is 5.69. The van der Waals surface area contributed by atoms with Crippen molar-refractivity contribution in [2.45, 2.75) is 31.6 Å². The maximum Gasteiger partial charge on any atom is 0.308 e. The molecule has 0 spiro atoms. The van der Waals surface area contributed by atoms with Crippen molar-refractivity contribution >= 4 is 22.6 Å². The van der Waals surface area contributed by atoms with Crippen molar-refractivity contribution in [2.75, 3.05) is 13.2 Å². The summed E-state index contributed by atoms with van der Waals surface area (Å²) >= 11 is 0. The van der Waals surface area contributed by atoms with E-state index in [1.165, 1.54) is 22.8 Å². The Morgan fingerprint density at radius 1 is 1.03 bits per heavy atom. The standard InChI is InChI=1S/C23H21N3O7/c27-20(24-25-21(28)19-12-32-17-5-1-2-6-18(17)33-19)13-7-8-15-16(10-13)23(30)26(22(15)29)11-14-4-3-9-31-14/h1-2,5-8,10,14,19,29-30H,3-4,9,11-12H2. The Morgan fingerprint density at radius 2 is 1.82 bits per heavy atom. The van der Waals surface area contributed by atoms with Crippen molar-refractivity contribution in [1.82, 2.24) is 4.57 Å². The lowest BCUT2D eigenvalue weighted by Gasteiger charge is -2.23. The molecule has 2 aliphatic heterocycles. The second kappa shape index (κ2) is 8.55. The molecule has 0 aliphatic carbocycles. The van der Waals surface area contributed by atoms with Crippen LogP contribution in [0.2, 0.25) is 0 Å². The first-order chi connectivity index (χ1) is 16.0. The van der Waals surface area contributed by atoms with Crippen LogP contribution >= 0.6 is 0 Å². The SMILES string of the molecule is O=C(N=NC(=O)C1COc2ccccc2O1)c1ccc2c(O)n(CC3CCCO3)c(O)c2c1. The van der Waals surface area contributed by atoms with Crippen molar-refractivity contribution in [1.29, 1.82) is 0 Å². The highest BCUT2D eigenvalue weighted by Crippen LogP contribution is 2.38. The maximum atomic E-state index is 12.5. The Hall–Kier alpha value is -3.92. The number of aromatic hydroxyl groups is 2. The molecule has 2 N–H and O–H groups in total. The molecule has 2 unspecified atom stereocenters. The lowest BCUT2D eigenvalue weighted by molar-refractivity contribution is -0.127. The molecular formula is C23H21N3O7. The largest absolute Gasteiger partial charge is 0.494 e. The molecule has 0 saturated carbocycles. The number of rotatable bonds is 4. The first kappa shape index (κ1) is 21.0. The third kappa shape index (κ3) is 4.00. The minimum absolute atomic E-state index is 0.0413. The summed E-state index contributed by atoms with van der Waals surface area (Å²) in [4.78, 5) is 24.8. The second-order valence-corrected chi connectivity index (χ2v) is 7.86. The Bertz CT molecular complexity index is 1260. The molecule has 1 fully saturated rings. The lowest BCUT2D eigenvalue weighted by Crippen LogP contribution is -2.35. The van der Waals surface area contributed by atoms with Crippen LogP contribution in [0.5, 0.6) is 23.3 Å². The number of ether oxygens (including phenoxy) is 3. The zero-order valence-corrected chi connectivity index (χ0v) is 17.5. The summed E-state index contributed by atoms with van der Waals surface area (Å²) in [6, 6.07) is 11.3. The molecule has 0 radical (unpaired) electrons. The number of fused-ring (bicyclic) bond motifs is 2. The monoisotopic (exact) mass is 451 g/mol. The molecule has 2 amide bonds. The van der Waals surface area contributed by atoms with Gasteiger partial charge < -0.3 is 24.4 Å². The fourth-order valence-electron chi connectivity index (χ4n) is 3.97. The highest BCUT2D eigenvalue weighted by Gasteiger charge is 2.28. The Labute approximate surface area is 188 Å². The van der Waals surface area contributed by atoms with Gasteiger partial charge in [0.2, 0.25) is 17.9 Å². The van der Waals surface area contributed by atoms with Gasteiger partial charge in [-0.15, -0.1) is 10.2 Å². The minimum atomic E-state index is -1.01. The first-order valence-corrected chi connectivity index (χ1v) is 10.6. The van der Waals surface area contributed by atoms with E-state index in [0.29, 0.717) is 35.4 Å². The molecule has 2 aromatic carbocycles. The van der Waals surface area contributed by atoms with Gasteiger partial charge in [-0.05, 0) is 43.2 Å². The molecule has 2 aliphatic rings. The second-order valence-electron chi connectivity index (χ2n) is 7.86. The summed E-state index contributed by atoms with van der Waals surface area (Å²) in [5.74, 6) is -0.861. The topological polar surface area (TPSA) is 132 Å². The predicted molar refractivity (Wildman–Crippen MR) is 115 cm³/mol. The number of aromatic nitrogens is 1. The van der Waals surface area contributed by atoms with Crippen molar-refractivity contribution in [3.8, 4) is 23.3 Å². The van der Waals surface area contributed by atoms with Gasteiger partial charge in [-0.2, -0.15) is 0 Å². The van der Waals surface area contributed by atoms with E-state index in [1.807, 2.05) is 0 Å². The third-order valence-electron chi connectivity index (χ3n) is 5.69. The van der Waals surface area contributed by atoms with Crippen LogP contribution in [-0.4, -0.2) is 52.0 Å². The van der Waals surface area contributed by atoms with E-state index in [9.17, 15) is 19.8 Å². The van der Waals surface area contributed by atoms with Crippen LogP contribution < -0.4 is 9.47 Å². The molecule has 1 aromatic heterocycles. The molecule has 0 bridgehead atoms. The van der Waals surface area contributed by atoms with E-state index in [2.05, 4.69) is 10.2 Å². The van der Waals surface area contributed by atoms with E-state index in [1.54, 1.807) is 24.3 Å². The quantitative estimate of drug-likeness (QED) is 0.582. The summed E-state index contributed by atoms with van der Waals surface area (Å²) in [6.45, 7) is 0.913. The van der Waals surface area contributed by atoms with Crippen LogP contribution in [0.4, 0.5) is 0 Å². The van der Waals surface area contributed by atoms with Gasteiger partial charge in [0.1, 0.15) is 6.61 Å². The number of hydrogen-bond donors (Lipinski definition) is 2. The average molecular weight is 451 g/mol. The van der Waals surface area contributed by atoms with E-state index in [0.717, 1.165) is 12.8 Å². The maximum absolute atomic E-state index is 12.5. The highest BCUT2D eigenvalue weighted by atomic mass is 16.6. The van der Waals surface area contributed by atoms with Crippen molar-refractivity contribution in [2.24, 2.45) is 10.2 Å². The van der Waals surface area contributed by atoms with Gasteiger partial charge in [-0.3, -0.25) is 14.2 Å². The molecule has 10 heteroatoms. The van der Waals surface area contributed by atoms with E-state index >= 15 is 0 Å². The molecule has 33 heavy (non-hydrogen) atoms. The molecule has 10 nitrogen and oxygen atoms in total. The number of azo groups is 1. The number of carbonyl (C=O) groups is 2. The van der Waals surface area contributed by atoms with E-state index in [4.69, 9.17) is 14.2 Å². The highest BCUT2D eigenvalue weighted by molar-refractivity contribution is 6.02. The van der Waals surface area contributed by atoms with Crippen molar-refractivity contribution in [3.63, 3.8) is 0 Å². The number of para-hydroxylation sites is 2. The van der Waals surface area contributed by atoms with Gasteiger partial charge in [-0.1, -0.05) is 12.1 Å². The summed E-state index contributed by atoms with van der Waals surface area (Å²) in [5.41, 5.74) is 0.106. The van der Waals surface area contributed by atoms with Gasteiger partial charge >= 0.3 is 5.91 Å². The molecule has 2 atom stereocenters. The molecule has 1 saturated heterocycles. The minimum Gasteiger partial charge on any atom is -0.494 e. The first-order valence-electron chi connectivity index (χ1n) is 10.6. The summed E-state index contributed by atoms with van der Waals surface area (Å²) < 4.78 is 18.0. The number of benzene rings is 2. The number of carbonyl (C=O) groups excluding carboxylic acids is 2. The van der Waals surface area contributed by atoms with Crippen LogP contribution in [0.1, 0.15) is 23.2 Å². The Balaban J connectivity index is 1.31. The summed E-state index contributed by atoms with van der Waals surface area (Å²) in [7, 11) is 0. The van der Waals surface area contributed by atoms with Gasteiger partial charge in [-0.25, -0.2) is 0 Å². The lowest BCUT2D eigenvalue weighted by atomic mass is 10.1. The van der Waals surface area contributed by atoms with Crippen LogP contribution in [0.25, 0.3) is 10.8 Å². The zero-order chi connectivity index (χ0) is 22.9. The van der Waals surface area contributed by atoms with Gasteiger partial charge in [0.25, 0.3) is 5.91 Å². The number of nitrogens with zero attached hydrogens (tertiary/aromatic N) is 3. The van der Waals surface area contributed by atoms with Crippen LogP contribution in [0.3, 0.4) is 0 Å². The van der Waals surface area contributed by atoms with Crippen LogP contribution in [0, 0.1) is 0 Å². The number of hydrogen-bond acceptors (Lipinski definition) is 7. The molecular weight excluding hydrogens is 430 g/mol. The van der Waals surface area contributed by atoms with Crippen LogP contribution in [-0.2, 0) is 16.1 Å². The van der Waals surface area contributed by atoms with E-state index in [-0.39, 0.29) is 30.0 Å². The summed E-state index contributed by atoms with van der Waals surface area (Å²) in [5, 5.41) is 28.8. The zero-order valence-electron chi connectivity index (χ0n) is 17.5. The smallest absolute Gasteiger partial charge is 0.308 e. The Kier molecular flexibility index (Phi) is 5.43. The fraction of sp³-hybridized carbons (Fsp3) is 0.304. The van der Waals surface area contributed by atoms with Gasteiger partial charge in [0, 0.05) is 22.9 Å². The molecule has 3 aromatic rings. The van der Waals surface area contributed by atoms with Crippen LogP contribution in [0.15, 0.2) is 52.7 Å². The molecule has 5 rings (SSSR count). The Morgan fingerprint density at radius 3 is 2.61 bits per heavy atom. The van der Waals surface area contributed by atoms with Gasteiger partial charge in [0.15, 0.2) is 11.5 Å². The fourth-order valence-corrected chi connectivity index (χ4v) is 3.97. The summed E-state index contributed by atoms with van der Waals surface area (Å²) in [6.07, 6.45) is 0.668. The number of amides is 2. The average Bonchev–Trinajstić information content (AvgIpc) is 3.44. The van der Waals surface area contributed by atoms with Gasteiger partial charge in [0.05, 0.1) is 12.6 Å². The molecule has 170 valence electrons. The molecule has 3 heterocycles. The predicted octanol–water partition coefficient (Wildman–Crippen LogP) is 3.19. The van der Waals surface area contributed by atoms with E-state index < -0.39 is 17.9 Å².